The van der Waals surface area contributed by atoms with E-state index >= 15 is 0 Å². The second kappa shape index (κ2) is 7.46. The van der Waals surface area contributed by atoms with Crippen molar-refractivity contribution in [3.8, 4) is 0 Å². The molecule has 3 saturated carbocycles. The first-order valence-electron chi connectivity index (χ1n) is 14.5. The first-order chi connectivity index (χ1) is 15.7. The Morgan fingerprint density at radius 2 is 2.00 bits per heavy atom. The van der Waals surface area contributed by atoms with Crippen LogP contribution in [0.1, 0.15) is 100 Å². The van der Waals surface area contributed by atoms with Crippen LogP contribution in [0.4, 0.5) is 0 Å². The molecule has 0 radical (unpaired) electrons. The molecular weight excluding hydrogens is 340 g/mol. The molecule has 4 aliphatic carbocycles. The fraction of sp³-hybridized carbons (Fsp3) is 0.778. The van der Waals surface area contributed by atoms with Crippen LogP contribution in [0.2, 0.25) is 0 Å². The highest BCUT2D eigenvalue weighted by molar-refractivity contribution is 5.38. The van der Waals surface area contributed by atoms with Crippen LogP contribution in [0.25, 0.3) is 0 Å². The fourth-order valence-corrected chi connectivity index (χ4v) is 7.65. The van der Waals surface area contributed by atoms with Crippen molar-refractivity contribution in [2.75, 3.05) is 0 Å². The summed E-state index contributed by atoms with van der Waals surface area (Å²) >= 11 is 0. The van der Waals surface area contributed by atoms with Crippen LogP contribution >= 0.6 is 0 Å². The predicted octanol–water partition coefficient (Wildman–Crippen LogP) is 7.23. The quantitative estimate of drug-likeness (QED) is 0.504. The lowest BCUT2D eigenvalue weighted by Gasteiger charge is -2.55. The maximum atomic E-state index is 10.2. The minimum Gasteiger partial charge on any atom is -0.393 e. The number of hydrogen-bond acceptors (Lipinski definition) is 1. The average molecular weight is 389 g/mol. The van der Waals surface area contributed by atoms with Crippen molar-refractivity contribution in [3.63, 3.8) is 0 Å². The first kappa shape index (κ1) is 14.2. The number of aliphatic hydroxyl groups excluding tert-OH is 1. The molecule has 1 N–H and O–H groups in total. The van der Waals surface area contributed by atoms with E-state index in [2.05, 4.69) is 32.9 Å². The molecule has 1 heteroatoms. The van der Waals surface area contributed by atoms with E-state index < -0.39 is 13.7 Å². The zero-order valence-corrected chi connectivity index (χ0v) is 17.9. The van der Waals surface area contributed by atoms with Crippen molar-refractivity contribution in [1.29, 1.82) is 0 Å². The van der Waals surface area contributed by atoms with Crippen molar-refractivity contribution in [3.05, 3.63) is 34.9 Å². The van der Waals surface area contributed by atoms with Crippen LogP contribution in [0, 0.1) is 34.5 Å². The zero-order valence-electron chi connectivity index (χ0n) is 23.9. The molecule has 28 heavy (non-hydrogen) atoms. The number of allylic oxidation sites excluding steroid dienone is 5. The largest absolute Gasteiger partial charge is 0.393 e. The molecule has 0 bridgehead atoms. The summed E-state index contributed by atoms with van der Waals surface area (Å²) in [5.41, 5.74) is 3.14. The third-order valence-electron chi connectivity index (χ3n) is 9.28. The lowest BCUT2D eigenvalue weighted by Crippen LogP contribution is -2.46. The number of hydrogen-bond donors (Lipinski definition) is 1. The van der Waals surface area contributed by atoms with E-state index in [1.165, 1.54) is 37.3 Å². The molecule has 0 aliphatic heterocycles. The van der Waals surface area contributed by atoms with Gasteiger partial charge >= 0.3 is 0 Å². The van der Waals surface area contributed by atoms with E-state index in [0.29, 0.717) is 30.1 Å². The van der Waals surface area contributed by atoms with Crippen LogP contribution in [0.5, 0.6) is 0 Å². The van der Waals surface area contributed by atoms with Gasteiger partial charge in [-0.3, -0.25) is 0 Å². The van der Waals surface area contributed by atoms with Crippen molar-refractivity contribution in [1.82, 2.24) is 0 Å². The molecule has 7 atom stereocenters. The van der Waals surface area contributed by atoms with Gasteiger partial charge in [0.2, 0.25) is 0 Å². The highest BCUT2D eigenvalue weighted by atomic mass is 16.3. The summed E-state index contributed by atoms with van der Waals surface area (Å²) in [5, 5.41) is 10.2. The van der Waals surface area contributed by atoms with Gasteiger partial charge < -0.3 is 5.11 Å². The molecule has 0 unspecified atom stereocenters. The Hall–Kier alpha value is -0.820. The van der Waals surface area contributed by atoms with Gasteiger partial charge in [-0.15, -0.1) is 0 Å². The summed E-state index contributed by atoms with van der Waals surface area (Å²) in [6, 6.07) is 0. The van der Waals surface area contributed by atoms with Gasteiger partial charge in [0.15, 0.2) is 0 Å². The topological polar surface area (TPSA) is 20.2 Å². The highest BCUT2D eigenvalue weighted by Crippen LogP contribution is 2.66. The third kappa shape index (κ3) is 3.26. The van der Waals surface area contributed by atoms with Gasteiger partial charge in [-0.2, -0.15) is 0 Å². The van der Waals surface area contributed by atoms with Crippen molar-refractivity contribution >= 4 is 0 Å². The smallest absolute Gasteiger partial charge is 0.0578 e. The molecule has 0 aromatic heterocycles. The van der Waals surface area contributed by atoms with E-state index in [9.17, 15) is 5.11 Å². The minimum absolute atomic E-state index is 0.190. The predicted molar refractivity (Wildman–Crippen MR) is 119 cm³/mol. The molecule has 4 rings (SSSR count). The van der Waals surface area contributed by atoms with Crippen molar-refractivity contribution in [2.24, 2.45) is 34.5 Å². The first-order valence-corrected chi connectivity index (χ1v) is 11.5. The molecular formula is C27H42O. The van der Waals surface area contributed by atoms with E-state index in [1.54, 1.807) is 5.57 Å². The summed E-state index contributed by atoms with van der Waals surface area (Å²) in [6.07, 6.45) is 14.9. The second-order valence-corrected chi connectivity index (χ2v) is 10.7. The second-order valence-electron chi connectivity index (χ2n) is 10.7. The maximum absolute atomic E-state index is 10.2. The molecule has 0 aromatic rings. The molecule has 0 aromatic carbocycles. The summed E-state index contributed by atoms with van der Waals surface area (Å²) in [5.74, 6) is 2.18. The molecule has 0 spiro atoms. The lowest BCUT2D eigenvalue weighted by atomic mass is 9.50. The summed E-state index contributed by atoms with van der Waals surface area (Å²) in [6.45, 7) is 2.05. The molecule has 0 heterocycles. The van der Waals surface area contributed by atoms with Crippen LogP contribution in [-0.2, 0) is 0 Å². The van der Waals surface area contributed by atoms with Gasteiger partial charge in [-0.1, -0.05) is 55.7 Å². The lowest BCUT2D eigenvalue weighted by molar-refractivity contribution is 0.0328. The number of aliphatic hydroxyl groups is 1. The Balaban J connectivity index is 1.49. The maximum Gasteiger partial charge on any atom is 0.0578 e. The Labute approximate surface area is 181 Å². The monoisotopic (exact) mass is 388 g/mol. The fourth-order valence-electron chi connectivity index (χ4n) is 7.65. The molecule has 3 fully saturated rings. The minimum atomic E-state index is -2.57. The molecule has 0 amide bonds. The SMILES string of the molecule is [2H]C([2H])([2H])C(=CCC[C@@H](C)[C@H]1CC[C@H]2C3=CC=C4C[C@@H](O)CC[C@]4(C)[C@H]3CC[C@]12C)C([2H])([2H])[2H]. The Morgan fingerprint density at radius 1 is 1.18 bits per heavy atom. The van der Waals surface area contributed by atoms with Gasteiger partial charge in [0.25, 0.3) is 0 Å². The number of fused-ring (bicyclic) bond motifs is 5. The molecule has 4 aliphatic rings. The molecule has 0 saturated heterocycles. The normalized spacial score (nSPS) is 47.3. The molecule has 1 nitrogen and oxygen atoms in total. The van der Waals surface area contributed by atoms with Crippen molar-refractivity contribution < 1.29 is 13.3 Å². The van der Waals surface area contributed by atoms with E-state index in [4.69, 9.17) is 8.22 Å². The molecule has 156 valence electrons. The van der Waals surface area contributed by atoms with Gasteiger partial charge in [-0.05, 0) is 106 Å². The van der Waals surface area contributed by atoms with Gasteiger partial charge in [0.1, 0.15) is 0 Å². The summed E-state index contributed by atoms with van der Waals surface area (Å²) in [7, 11) is 0. The van der Waals surface area contributed by atoms with E-state index in [1.807, 2.05) is 0 Å². The Morgan fingerprint density at radius 3 is 2.79 bits per heavy atom. The van der Waals surface area contributed by atoms with E-state index in [-0.39, 0.29) is 22.5 Å². The Bertz CT molecular complexity index is 865. The third-order valence-corrected chi connectivity index (χ3v) is 9.28. The van der Waals surface area contributed by atoms with Gasteiger partial charge in [0, 0.05) is 8.22 Å². The summed E-state index contributed by atoms with van der Waals surface area (Å²) < 4.78 is 45.6. The van der Waals surface area contributed by atoms with Crippen LogP contribution in [0.3, 0.4) is 0 Å². The van der Waals surface area contributed by atoms with Gasteiger partial charge in [0.05, 0.1) is 6.10 Å². The van der Waals surface area contributed by atoms with Crippen LogP contribution < -0.4 is 0 Å². The highest BCUT2D eigenvalue weighted by Gasteiger charge is 2.56. The van der Waals surface area contributed by atoms with E-state index in [0.717, 1.165) is 25.7 Å². The van der Waals surface area contributed by atoms with Crippen molar-refractivity contribution in [2.45, 2.75) is 98.4 Å². The van der Waals surface area contributed by atoms with Gasteiger partial charge in [-0.25, -0.2) is 0 Å². The van der Waals surface area contributed by atoms with Crippen LogP contribution in [-0.4, -0.2) is 11.2 Å². The van der Waals surface area contributed by atoms with Crippen LogP contribution in [0.15, 0.2) is 34.9 Å². The standard InChI is InChI=1S/C27H42O/c1-18(2)7-6-8-19(3)23-11-12-24-22-10-9-20-17-21(28)13-15-26(20,4)25(22)14-16-27(23,24)5/h7,9-10,19,21,23-25,28H,6,8,11-17H2,1-5H3/t19-,21+,23-,24+,25+,26+,27-/m1/s1/i1D3,2D3. The Kier molecular flexibility index (Phi) is 3.79. The average Bonchev–Trinajstić information content (AvgIpc) is 3.07. The summed E-state index contributed by atoms with van der Waals surface area (Å²) in [4.78, 5) is 0. The number of rotatable bonds is 4. The zero-order chi connectivity index (χ0) is 25.1.